The first kappa shape index (κ1) is 10.5. The smallest absolute Gasteiger partial charge is 0.255 e. The van der Waals surface area contributed by atoms with Crippen molar-refractivity contribution in [2.24, 2.45) is 5.11 Å². The lowest BCUT2D eigenvalue weighted by Crippen LogP contribution is -2.16. The Labute approximate surface area is 95.2 Å². The minimum absolute atomic E-state index is 0.121. The highest BCUT2D eigenvalue weighted by Gasteiger charge is 2.00. The first-order chi connectivity index (χ1) is 7.81. The van der Waals surface area contributed by atoms with Gasteiger partial charge in [0.05, 0.1) is 12.2 Å². The summed E-state index contributed by atoms with van der Waals surface area (Å²) in [5.41, 5.74) is 9.63. The van der Waals surface area contributed by atoms with E-state index in [2.05, 4.69) is 10.0 Å². The van der Waals surface area contributed by atoms with Crippen molar-refractivity contribution in [3.05, 3.63) is 61.5 Å². The second-order valence-electron chi connectivity index (χ2n) is 3.11. The summed E-state index contributed by atoms with van der Waals surface area (Å²) in [7, 11) is 0. The molecule has 0 radical (unpaired) electrons. The zero-order valence-corrected chi connectivity index (χ0v) is 9.09. The second-order valence-corrected chi connectivity index (χ2v) is 3.89. The van der Waals surface area contributed by atoms with Crippen LogP contribution in [0.1, 0.15) is 5.56 Å². The Hall–Kier alpha value is -2.04. The van der Waals surface area contributed by atoms with Crippen molar-refractivity contribution < 1.29 is 0 Å². The predicted octanol–water partition coefficient (Wildman–Crippen LogP) is 2.71. The molecule has 0 aliphatic heterocycles. The highest BCUT2D eigenvalue weighted by Crippen LogP contribution is 2.10. The number of pyridine rings is 1. The van der Waals surface area contributed by atoms with E-state index in [0.29, 0.717) is 5.56 Å². The lowest BCUT2D eigenvalue weighted by molar-refractivity contribution is 0.956. The minimum atomic E-state index is -0.121. The molecule has 0 aromatic carbocycles. The van der Waals surface area contributed by atoms with Crippen LogP contribution >= 0.6 is 11.3 Å². The highest BCUT2D eigenvalue weighted by molar-refractivity contribution is 7.08. The predicted molar refractivity (Wildman–Crippen MR) is 62.8 cm³/mol. The summed E-state index contributed by atoms with van der Waals surface area (Å²) in [6, 6.07) is 5.12. The van der Waals surface area contributed by atoms with Gasteiger partial charge in [0.2, 0.25) is 0 Å². The first-order valence-corrected chi connectivity index (χ1v) is 5.50. The molecule has 2 aromatic rings. The zero-order valence-electron chi connectivity index (χ0n) is 8.28. The number of rotatable bonds is 3. The van der Waals surface area contributed by atoms with Crippen LogP contribution in [0.15, 0.2) is 45.1 Å². The molecule has 0 unspecified atom stereocenters. The summed E-state index contributed by atoms with van der Waals surface area (Å²) < 4.78 is 1.55. The van der Waals surface area contributed by atoms with Crippen molar-refractivity contribution in [1.29, 1.82) is 0 Å². The van der Waals surface area contributed by atoms with E-state index >= 15 is 0 Å². The van der Waals surface area contributed by atoms with Gasteiger partial charge in [-0.3, -0.25) is 9.36 Å². The van der Waals surface area contributed by atoms with Gasteiger partial charge in [0.1, 0.15) is 0 Å². The van der Waals surface area contributed by atoms with Crippen LogP contribution in [0.3, 0.4) is 0 Å². The normalized spacial score (nSPS) is 9.75. The summed E-state index contributed by atoms with van der Waals surface area (Å²) in [6.45, 7) is 0.205. The number of thiophene rings is 1. The minimum Gasteiger partial charge on any atom is -0.283 e. The Morgan fingerprint density at radius 3 is 3.00 bits per heavy atom. The van der Waals surface area contributed by atoms with Gasteiger partial charge in [-0.1, -0.05) is 5.11 Å². The molecule has 0 spiro atoms. The van der Waals surface area contributed by atoms with E-state index in [0.717, 1.165) is 5.69 Å². The van der Waals surface area contributed by atoms with Crippen molar-refractivity contribution >= 4 is 11.3 Å². The maximum Gasteiger partial charge on any atom is 0.255 e. The van der Waals surface area contributed by atoms with E-state index in [4.69, 9.17) is 5.53 Å². The molecule has 0 bridgehead atoms. The van der Waals surface area contributed by atoms with Crippen LogP contribution in [0.25, 0.3) is 16.1 Å². The van der Waals surface area contributed by atoms with Gasteiger partial charge >= 0.3 is 0 Å². The Balaban J connectivity index is 2.38. The average molecular weight is 232 g/mol. The Bertz CT molecular complexity index is 581. The van der Waals surface area contributed by atoms with Crippen molar-refractivity contribution in [3.63, 3.8) is 0 Å². The quantitative estimate of drug-likeness (QED) is 0.455. The van der Waals surface area contributed by atoms with Gasteiger partial charge < -0.3 is 0 Å². The van der Waals surface area contributed by atoms with Crippen molar-refractivity contribution in [1.82, 2.24) is 4.57 Å². The monoisotopic (exact) mass is 232 g/mol. The molecule has 16 heavy (non-hydrogen) atoms. The number of hydrogen-bond donors (Lipinski definition) is 0. The number of aromatic nitrogens is 1. The molecule has 2 rings (SSSR count). The zero-order chi connectivity index (χ0) is 11.4. The van der Waals surface area contributed by atoms with Gasteiger partial charge in [-0.2, -0.15) is 11.3 Å². The molecule has 2 aromatic heterocycles. The molecule has 0 N–H and O–H groups in total. The van der Waals surface area contributed by atoms with Crippen molar-refractivity contribution in [3.8, 4) is 5.69 Å². The van der Waals surface area contributed by atoms with E-state index in [1.54, 1.807) is 16.8 Å². The number of azide groups is 1. The molecule has 5 nitrogen and oxygen atoms in total. The molecule has 0 amide bonds. The molecular weight excluding hydrogens is 224 g/mol. The summed E-state index contributed by atoms with van der Waals surface area (Å²) in [5.74, 6) is 0. The SMILES string of the molecule is [N-]=[N+]=NCc1ccn(-c2ccsc2)c(=O)c1. The van der Waals surface area contributed by atoms with E-state index in [1.165, 1.54) is 17.4 Å². The summed E-state index contributed by atoms with van der Waals surface area (Å²) in [6.07, 6.45) is 1.69. The summed E-state index contributed by atoms with van der Waals surface area (Å²) in [4.78, 5) is 14.4. The largest absolute Gasteiger partial charge is 0.283 e. The molecule has 0 fully saturated rings. The van der Waals surface area contributed by atoms with Gasteiger partial charge in [-0.25, -0.2) is 0 Å². The van der Waals surface area contributed by atoms with Crippen molar-refractivity contribution in [2.45, 2.75) is 6.54 Å². The highest BCUT2D eigenvalue weighted by atomic mass is 32.1. The van der Waals surface area contributed by atoms with Crippen LogP contribution in [-0.4, -0.2) is 4.57 Å². The molecule has 0 atom stereocenters. The van der Waals surface area contributed by atoms with Crippen LogP contribution in [0.5, 0.6) is 0 Å². The van der Waals surface area contributed by atoms with E-state index in [-0.39, 0.29) is 12.1 Å². The first-order valence-electron chi connectivity index (χ1n) is 4.56. The fourth-order valence-corrected chi connectivity index (χ4v) is 1.97. The Morgan fingerprint density at radius 1 is 1.50 bits per heavy atom. The third-order valence-electron chi connectivity index (χ3n) is 2.08. The Kier molecular flexibility index (Phi) is 3.05. The molecule has 80 valence electrons. The van der Waals surface area contributed by atoms with E-state index < -0.39 is 0 Å². The lowest BCUT2D eigenvalue weighted by atomic mass is 10.2. The van der Waals surface area contributed by atoms with Gasteiger partial charge in [0, 0.05) is 22.6 Å². The molecule has 0 aliphatic rings. The van der Waals surface area contributed by atoms with Gasteiger partial charge in [0.25, 0.3) is 5.56 Å². The Morgan fingerprint density at radius 2 is 2.38 bits per heavy atom. The number of nitrogens with zero attached hydrogens (tertiary/aromatic N) is 4. The molecule has 0 saturated heterocycles. The third-order valence-corrected chi connectivity index (χ3v) is 2.76. The maximum absolute atomic E-state index is 11.7. The molecule has 0 saturated carbocycles. The summed E-state index contributed by atoms with van der Waals surface area (Å²) in [5, 5.41) is 7.22. The fraction of sp³-hybridized carbons (Fsp3) is 0.100. The van der Waals surface area contributed by atoms with Crippen LogP contribution in [0.2, 0.25) is 0 Å². The fourth-order valence-electron chi connectivity index (χ4n) is 1.34. The van der Waals surface area contributed by atoms with Crippen LogP contribution in [0.4, 0.5) is 0 Å². The topological polar surface area (TPSA) is 70.8 Å². The lowest BCUT2D eigenvalue weighted by Gasteiger charge is -2.02. The molecular formula is C10H8N4OS. The average Bonchev–Trinajstić information content (AvgIpc) is 2.80. The molecule has 0 aliphatic carbocycles. The van der Waals surface area contributed by atoms with Crippen molar-refractivity contribution in [2.75, 3.05) is 0 Å². The maximum atomic E-state index is 11.7. The van der Waals surface area contributed by atoms with Crippen LogP contribution < -0.4 is 5.56 Å². The second kappa shape index (κ2) is 4.65. The molecule has 6 heteroatoms. The van der Waals surface area contributed by atoms with Gasteiger partial charge in [-0.05, 0) is 28.6 Å². The third kappa shape index (κ3) is 2.13. The summed E-state index contributed by atoms with van der Waals surface area (Å²) >= 11 is 1.53. The van der Waals surface area contributed by atoms with Crippen LogP contribution in [0, 0.1) is 0 Å². The van der Waals surface area contributed by atoms with E-state index in [9.17, 15) is 4.79 Å². The molecule has 2 heterocycles. The van der Waals surface area contributed by atoms with Gasteiger partial charge in [0.15, 0.2) is 0 Å². The number of hydrogen-bond acceptors (Lipinski definition) is 3. The standard InChI is InChI=1S/C10H8N4OS/c11-13-12-6-8-1-3-14(10(15)5-8)9-2-4-16-7-9/h1-5,7H,6H2. The van der Waals surface area contributed by atoms with Crippen LogP contribution in [-0.2, 0) is 6.54 Å². The van der Waals surface area contributed by atoms with E-state index in [1.807, 2.05) is 16.8 Å². The van der Waals surface area contributed by atoms with Gasteiger partial charge in [-0.15, -0.1) is 0 Å².